The maximum absolute atomic E-state index is 4.88. The fourth-order valence-corrected chi connectivity index (χ4v) is 0.397. The molecule has 0 aliphatic carbocycles. The van der Waals surface area contributed by atoms with E-state index in [1.165, 1.54) is 0 Å². The van der Waals surface area contributed by atoms with Crippen molar-refractivity contribution in [1.29, 1.82) is 0 Å². The van der Waals surface area contributed by atoms with E-state index in [1.54, 1.807) is 6.08 Å². The molecule has 0 radical (unpaired) electrons. The summed E-state index contributed by atoms with van der Waals surface area (Å²) in [5.74, 6) is 0. The summed E-state index contributed by atoms with van der Waals surface area (Å²) in [5.41, 5.74) is 3.69. The predicted octanol–water partition coefficient (Wildman–Crippen LogP) is 1.62. The fourth-order valence-electron chi connectivity index (χ4n) is 0.397. The van der Waals surface area contributed by atoms with Crippen molar-refractivity contribution < 1.29 is 4.84 Å². The molecule has 52 valence electrons. The standard InChI is InChI=1S/C7H13NO/c1-4-6-7(3)8-9-5-2/h4,6,8H,1,5H2,2-3H3/b7-6+. The minimum Gasteiger partial charge on any atom is -0.277 e. The Hall–Kier alpha value is -0.760. The molecule has 2 heteroatoms. The Bertz CT molecular complexity index is 107. The highest BCUT2D eigenvalue weighted by atomic mass is 16.6. The van der Waals surface area contributed by atoms with Crippen LogP contribution < -0.4 is 5.48 Å². The number of hydrogen-bond donors (Lipinski definition) is 1. The minimum atomic E-state index is 0.669. The Morgan fingerprint density at radius 3 is 2.89 bits per heavy atom. The fraction of sp³-hybridized carbons (Fsp3) is 0.429. The molecule has 0 amide bonds. The van der Waals surface area contributed by atoms with Crippen LogP contribution in [0.15, 0.2) is 24.4 Å². The van der Waals surface area contributed by atoms with Gasteiger partial charge in [-0.3, -0.25) is 10.3 Å². The van der Waals surface area contributed by atoms with E-state index in [1.807, 2.05) is 19.9 Å². The number of nitrogens with one attached hydrogen (secondary N) is 1. The van der Waals surface area contributed by atoms with Crippen molar-refractivity contribution in [2.45, 2.75) is 13.8 Å². The van der Waals surface area contributed by atoms with E-state index in [-0.39, 0.29) is 0 Å². The topological polar surface area (TPSA) is 21.3 Å². The maximum atomic E-state index is 4.88. The van der Waals surface area contributed by atoms with E-state index in [0.717, 1.165) is 5.70 Å². The minimum absolute atomic E-state index is 0.669. The molecule has 1 N–H and O–H groups in total. The largest absolute Gasteiger partial charge is 0.277 e. The van der Waals surface area contributed by atoms with Crippen LogP contribution in [0.3, 0.4) is 0 Å². The molecule has 0 saturated carbocycles. The van der Waals surface area contributed by atoms with Crippen molar-refractivity contribution in [2.75, 3.05) is 6.61 Å². The summed E-state index contributed by atoms with van der Waals surface area (Å²) >= 11 is 0. The summed E-state index contributed by atoms with van der Waals surface area (Å²) in [7, 11) is 0. The second-order valence-corrected chi connectivity index (χ2v) is 1.62. The first-order chi connectivity index (χ1) is 4.31. The molecule has 0 bridgehead atoms. The quantitative estimate of drug-likeness (QED) is 0.457. The van der Waals surface area contributed by atoms with Crippen LogP contribution in [-0.2, 0) is 4.84 Å². The Balaban J connectivity index is 3.36. The van der Waals surface area contributed by atoms with Crippen molar-refractivity contribution in [2.24, 2.45) is 0 Å². The third-order valence-electron chi connectivity index (χ3n) is 0.745. The van der Waals surface area contributed by atoms with Crippen LogP contribution in [0.1, 0.15) is 13.8 Å². The Morgan fingerprint density at radius 2 is 2.44 bits per heavy atom. The lowest BCUT2D eigenvalue weighted by molar-refractivity contribution is 0.0737. The van der Waals surface area contributed by atoms with Crippen LogP contribution in [0.2, 0.25) is 0 Å². The molecule has 0 aliphatic rings. The molecule has 0 aromatic rings. The van der Waals surface area contributed by atoms with Crippen LogP contribution in [0.4, 0.5) is 0 Å². The summed E-state index contributed by atoms with van der Waals surface area (Å²) in [6.07, 6.45) is 3.55. The van der Waals surface area contributed by atoms with E-state index in [9.17, 15) is 0 Å². The molecule has 0 aromatic heterocycles. The van der Waals surface area contributed by atoms with Gasteiger partial charge in [-0.2, -0.15) is 0 Å². The highest BCUT2D eigenvalue weighted by Gasteiger charge is 1.80. The molecule has 2 nitrogen and oxygen atoms in total. The lowest BCUT2D eigenvalue weighted by Gasteiger charge is -2.02. The highest BCUT2D eigenvalue weighted by Crippen LogP contribution is 1.84. The van der Waals surface area contributed by atoms with E-state index in [2.05, 4.69) is 12.1 Å². The number of rotatable bonds is 4. The third kappa shape index (κ3) is 5.11. The summed E-state index contributed by atoms with van der Waals surface area (Å²) in [5, 5.41) is 0. The zero-order valence-electron chi connectivity index (χ0n) is 5.98. The first kappa shape index (κ1) is 8.24. The normalized spacial score (nSPS) is 11.1. The molecule has 0 saturated heterocycles. The lowest BCUT2D eigenvalue weighted by Crippen LogP contribution is -2.10. The average molecular weight is 127 g/mol. The molecule has 0 heterocycles. The smallest absolute Gasteiger partial charge is 0.0717 e. The van der Waals surface area contributed by atoms with Gasteiger partial charge in [0.2, 0.25) is 0 Å². The van der Waals surface area contributed by atoms with Gasteiger partial charge in [0.25, 0.3) is 0 Å². The van der Waals surface area contributed by atoms with Crippen molar-refractivity contribution >= 4 is 0 Å². The maximum Gasteiger partial charge on any atom is 0.0717 e. The lowest BCUT2D eigenvalue weighted by atomic mass is 10.4. The Kier molecular flexibility index (Phi) is 4.92. The molecule has 0 rings (SSSR count). The molecule has 0 atom stereocenters. The van der Waals surface area contributed by atoms with Gasteiger partial charge in [0.05, 0.1) is 6.61 Å². The van der Waals surface area contributed by atoms with Crippen LogP contribution in [0.5, 0.6) is 0 Å². The zero-order chi connectivity index (χ0) is 7.11. The zero-order valence-corrected chi connectivity index (χ0v) is 5.98. The van der Waals surface area contributed by atoms with Gasteiger partial charge in [0.15, 0.2) is 0 Å². The van der Waals surface area contributed by atoms with Crippen LogP contribution in [0, 0.1) is 0 Å². The summed E-state index contributed by atoms with van der Waals surface area (Å²) in [6.45, 7) is 8.04. The summed E-state index contributed by atoms with van der Waals surface area (Å²) < 4.78 is 0. The first-order valence-electron chi connectivity index (χ1n) is 2.98. The molecule has 0 fully saturated rings. The molecule has 9 heavy (non-hydrogen) atoms. The Morgan fingerprint density at radius 1 is 1.78 bits per heavy atom. The molecule has 0 spiro atoms. The summed E-state index contributed by atoms with van der Waals surface area (Å²) in [6, 6.07) is 0. The molecular weight excluding hydrogens is 114 g/mol. The van der Waals surface area contributed by atoms with Gasteiger partial charge in [0, 0.05) is 5.70 Å². The third-order valence-corrected chi connectivity index (χ3v) is 0.745. The van der Waals surface area contributed by atoms with Crippen molar-refractivity contribution in [3.05, 3.63) is 24.4 Å². The number of allylic oxidation sites excluding steroid dienone is 3. The van der Waals surface area contributed by atoms with E-state index in [4.69, 9.17) is 4.84 Å². The van der Waals surface area contributed by atoms with Crippen LogP contribution in [-0.4, -0.2) is 6.61 Å². The van der Waals surface area contributed by atoms with E-state index < -0.39 is 0 Å². The molecule has 0 unspecified atom stereocenters. The molecular formula is C7H13NO. The second-order valence-electron chi connectivity index (χ2n) is 1.62. The summed E-state index contributed by atoms with van der Waals surface area (Å²) in [4.78, 5) is 4.88. The van der Waals surface area contributed by atoms with Gasteiger partial charge in [-0.25, -0.2) is 0 Å². The number of hydrogen-bond acceptors (Lipinski definition) is 2. The first-order valence-corrected chi connectivity index (χ1v) is 2.98. The van der Waals surface area contributed by atoms with Crippen molar-refractivity contribution in [3.63, 3.8) is 0 Å². The molecule has 0 aliphatic heterocycles. The van der Waals surface area contributed by atoms with Crippen molar-refractivity contribution in [3.8, 4) is 0 Å². The van der Waals surface area contributed by atoms with Gasteiger partial charge in [0.1, 0.15) is 0 Å². The second kappa shape index (κ2) is 5.38. The number of hydroxylamine groups is 1. The highest BCUT2D eigenvalue weighted by molar-refractivity contribution is 5.04. The SMILES string of the molecule is C=C/C=C(\C)NOCC. The van der Waals surface area contributed by atoms with Crippen LogP contribution >= 0.6 is 0 Å². The average Bonchev–Trinajstić information content (AvgIpc) is 1.85. The van der Waals surface area contributed by atoms with Gasteiger partial charge in [-0.05, 0) is 19.9 Å². The Labute approximate surface area is 56.2 Å². The predicted molar refractivity (Wildman–Crippen MR) is 38.7 cm³/mol. The van der Waals surface area contributed by atoms with Gasteiger partial charge in [-0.15, -0.1) is 0 Å². The van der Waals surface area contributed by atoms with E-state index in [0.29, 0.717) is 6.61 Å². The van der Waals surface area contributed by atoms with Crippen molar-refractivity contribution in [1.82, 2.24) is 5.48 Å². The monoisotopic (exact) mass is 127 g/mol. The van der Waals surface area contributed by atoms with Gasteiger partial charge < -0.3 is 0 Å². The van der Waals surface area contributed by atoms with Crippen LogP contribution in [0.25, 0.3) is 0 Å². The van der Waals surface area contributed by atoms with E-state index >= 15 is 0 Å². The van der Waals surface area contributed by atoms with Gasteiger partial charge >= 0.3 is 0 Å². The molecule has 0 aromatic carbocycles. The van der Waals surface area contributed by atoms with Gasteiger partial charge in [-0.1, -0.05) is 12.7 Å².